The van der Waals surface area contributed by atoms with E-state index in [9.17, 15) is 9.90 Å². The maximum Gasteiger partial charge on any atom is 0.282 e. The number of fused-ring (bicyclic) bond motifs is 6. The first-order valence-corrected chi connectivity index (χ1v) is 11.6. The molecule has 154 valence electrons. The molecule has 2 aromatic carbocycles. The van der Waals surface area contributed by atoms with Gasteiger partial charge >= 0.3 is 0 Å². The van der Waals surface area contributed by atoms with Crippen LogP contribution in [0.5, 0.6) is 0 Å². The van der Waals surface area contributed by atoms with Gasteiger partial charge in [-0.3, -0.25) is 4.79 Å². The van der Waals surface area contributed by atoms with Crippen molar-refractivity contribution in [2.75, 3.05) is 0 Å². The van der Waals surface area contributed by atoms with Crippen molar-refractivity contribution in [1.29, 1.82) is 0 Å². The third-order valence-electron chi connectivity index (χ3n) is 6.55. The van der Waals surface area contributed by atoms with Gasteiger partial charge in [-0.15, -0.1) is 11.3 Å². The Kier molecular flexibility index (Phi) is 4.15. The van der Waals surface area contributed by atoms with E-state index < -0.39 is 0 Å². The lowest BCUT2D eigenvalue weighted by Gasteiger charge is -2.25. The van der Waals surface area contributed by atoms with Gasteiger partial charge in [-0.05, 0) is 54.9 Å². The number of hydrogen-bond acceptors (Lipinski definition) is 4. The molecule has 0 atom stereocenters. The van der Waals surface area contributed by atoms with Crippen molar-refractivity contribution < 1.29 is 5.11 Å². The highest BCUT2D eigenvalue weighted by atomic mass is 32.1. The number of hydrogen-bond donors (Lipinski definition) is 1. The molecule has 31 heavy (non-hydrogen) atoms. The van der Waals surface area contributed by atoms with Crippen molar-refractivity contribution in [3.8, 4) is 0 Å². The fourth-order valence-corrected chi connectivity index (χ4v) is 6.39. The van der Waals surface area contributed by atoms with E-state index in [-0.39, 0.29) is 11.3 Å². The van der Waals surface area contributed by atoms with Gasteiger partial charge in [-0.1, -0.05) is 48.5 Å². The van der Waals surface area contributed by atoms with E-state index in [0.29, 0.717) is 17.9 Å². The van der Waals surface area contributed by atoms with Gasteiger partial charge in [0.2, 0.25) is 0 Å². The number of benzene rings is 2. The highest BCUT2D eigenvalue weighted by Crippen LogP contribution is 2.41. The Morgan fingerprint density at radius 1 is 1.06 bits per heavy atom. The Balaban J connectivity index is 1.72. The van der Waals surface area contributed by atoms with E-state index in [2.05, 4.69) is 15.6 Å². The summed E-state index contributed by atoms with van der Waals surface area (Å²) in [4.78, 5) is 20.1. The summed E-state index contributed by atoms with van der Waals surface area (Å²) < 4.78 is 2.14. The summed E-state index contributed by atoms with van der Waals surface area (Å²) >= 11 is 1.73. The van der Waals surface area contributed by atoms with Crippen LogP contribution in [-0.2, 0) is 19.4 Å². The summed E-state index contributed by atoms with van der Waals surface area (Å²) in [6.07, 6.45) is 4.30. The van der Waals surface area contributed by atoms with E-state index in [1.165, 1.54) is 16.9 Å². The standard InChI is InChI=1S/C26H22N2O2S/c1-15-8-2-4-10-17(15)23(29)21-18-11-5-3-9-16(18)14-28-24(21)27-25(30)22-19-12-6-7-13-20(19)31-26(22)28/h2-5,8-11,29H,6-7,12-14H2,1H3. The van der Waals surface area contributed by atoms with Crippen LogP contribution in [-0.4, -0.2) is 14.7 Å². The number of thiophene rings is 1. The molecule has 0 fully saturated rings. The number of aromatic nitrogens is 2. The second-order valence-corrected chi connectivity index (χ2v) is 9.50. The number of rotatable bonds is 1. The molecule has 0 saturated heterocycles. The zero-order chi connectivity index (χ0) is 21.1. The van der Waals surface area contributed by atoms with Crippen LogP contribution < -0.4 is 5.56 Å². The molecule has 2 aliphatic rings. The Morgan fingerprint density at radius 2 is 1.84 bits per heavy atom. The number of aliphatic hydroxyl groups excluding tert-OH is 1. The number of nitrogens with zero attached hydrogens (tertiary/aromatic N) is 2. The van der Waals surface area contributed by atoms with Crippen molar-refractivity contribution in [3.63, 3.8) is 0 Å². The molecule has 0 radical (unpaired) electrons. The zero-order valence-electron chi connectivity index (χ0n) is 17.3. The van der Waals surface area contributed by atoms with E-state index >= 15 is 0 Å². The fourth-order valence-electron chi connectivity index (χ4n) is 5.01. The summed E-state index contributed by atoms with van der Waals surface area (Å²) in [5, 5.41) is 12.3. The largest absolute Gasteiger partial charge is 0.507 e. The molecule has 1 aliphatic carbocycles. The molecular formula is C26H22N2O2S. The Bertz CT molecular complexity index is 1460. The minimum atomic E-state index is -0.171. The highest BCUT2D eigenvalue weighted by Gasteiger charge is 2.30. The van der Waals surface area contributed by atoms with Crippen LogP contribution in [0.2, 0.25) is 0 Å². The van der Waals surface area contributed by atoms with Crippen LogP contribution in [0.3, 0.4) is 0 Å². The first-order valence-electron chi connectivity index (χ1n) is 10.8. The quantitative estimate of drug-likeness (QED) is 0.361. The van der Waals surface area contributed by atoms with Crippen LogP contribution in [0, 0.1) is 6.92 Å². The third kappa shape index (κ3) is 2.73. The van der Waals surface area contributed by atoms with Crippen LogP contribution in [0.1, 0.15) is 51.4 Å². The van der Waals surface area contributed by atoms with Gasteiger partial charge in [0.1, 0.15) is 16.4 Å². The lowest BCUT2D eigenvalue weighted by Crippen LogP contribution is -2.23. The van der Waals surface area contributed by atoms with Gasteiger partial charge in [0, 0.05) is 10.4 Å². The van der Waals surface area contributed by atoms with Crippen molar-refractivity contribution in [2.45, 2.75) is 39.2 Å². The van der Waals surface area contributed by atoms with Crippen LogP contribution >= 0.6 is 11.3 Å². The summed E-state index contributed by atoms with van der Waals surface area (Å²) in [7, 11) is 0. The van der Waals surface area contributed by atoms with Crippen LogP contribution in [0.4, 0.5) is 0 Å². The minimum absolute atomic E-state index is 0.171. The lowest BCUT2D eigenvalue weighted by atomic mass is 9.91. The molecule has 0 saturated carbocycles. The smallest absolute Gasteiger partial charge is 0.282 e. The second kappa shape index (κ2) is 6.92. The van der Waals surface area contributed by atoms with E-state index in [4.69, 9.17) is 0 Å². The fraction of sp³-hybridized carbons (Fsp3) is 0.231. The SMILES string of the molecule is Cc1ccccc1C(O)=C1c2ccccc2Cn2c1nc(=O)c1c3c(sc12)CCCC3. The average Bonchev–Trinajstić information content (AvgIpc) is 3.18. The predicted molar refractivity (Wildman–Crippen MR) is 126 cm³/mol. The normalized spacial score (nSPS) is 16.5. The summed E-state index contributed by atoms with van der Waals surface area (Å²) in [5.41, 5.74) is 5.49. The molecule has 4 aromatic rings. The van der Waals surface area contributed by atoms with Gasteiger partial charge in [0.25, 0.3) is 5.56 Å². The average molecular weight is 427 g/mol. The lowest BCUT2D eigenvalue weighted by molar-refractivity contribution is 0.511. The van der Waals surface area contributed by atoms with E-state index in [1.807, 2.05) is 49.4 Å². The zero-order valence-corrected chi connectivity index (χ0v) is 18.1. The maximum absolute atomic E-state index is 13.2. The van der Waals surface area contributed by atoms with Crippen molar-refractivity contribution in [2.24, 2.45) is 0 Å². The topological polar surface area (TPSA) is 55.1 Å². The molecule has 0 spiro atoms. The minimum Gasteiger partial charge on any atom is -0.507 e. The van der Waals surface area contributed by atoms with Gasteiger partial charge < -0.3 is 9.67 Å². The molecule has 0 bridgehead atoms. The summed E-state index contributed by atoms with van der Waals surface area (Å²) in [5.74, 6) is 0.738. The second-order valence-electron chi connectivity index (χ2n) is 8.41. The molecule has 2 aromatic heterocycles. The van der Waals surface area contributed by atoms with Crippen molar-refractivity contribution in [3.05, 3.63) is 97.4 Å². The van der Waals surface area contributed by atoms with Crippen LogP contribution in [0.15, 0.2) is 53.3 Å². The predicted octanol–water partition coefficient (Wildman–Crippen LogP) is 5.48. The number of aryl methyl sites for hydroxylation is 3. The van der Waals surface area contributed by atoms with Gasteiger partial charge in [-0.2, -0.15) is 4.98 Å². The maximum atomic E-state index is 13.2. The molecule has 3 heterocycles. The molecule has 4 nitrogen and oxygen atoms in total. The van der Waals surface area contributed by atoms with Crippen molar-refractivity contribution in [1.82, 2.24) is 9.55 Å². The molecule has 1 aliphatic heterocycles. The highest BCUT2D eigenvalue weighted by molar-refractivity contribution is 7.18. The molecule has 0 amide bonds. The third-order valence-corrected chi connectivity index (χ3v) is 7.87. The summed E-state index contributed by atoms with van der Waals surface area (Å²) in [6.45, 7) is 2.64. The summed E-state index contributed by atoms with van der Waals surface area (Å²) in [6, 6.07) is 15.9. The Hall–Kier alpha value is -3.18. The van der Waals surface area contributed by atoms with Crippen molar-refractivity contribution >= 4 is 32.9 Å². The van der Waals surface area contributed by atoms with E-state index in [0.717, 1.165) is 51.7 Å². The molecule has 6 rings (SSSR count). The number of aliphatic hydroxyl groups is 1. The van der Waals surface area contributed by atoms with Gasteiger partial charge in [0.15, 0.2) is 0 Å². The molecular weight excluding hydrogens is 404 g/mol. The van der Waals surface area contributed by atoms with Gasteiger partial charge in [0.05, 0.1) is 17.5 Å². The van der Waals surface area contributed by atoms with E-state index in [1.54, 1.807) is 11.3 Å². The molecule has 5 heteroatoms. The van der Waals surface area contributed by atoms with Gasteiger partial charge in [-0.25, -0.2) is 0 Å². The Morgan fingerprint density at radius 3 is 2.71 bits per heavy atom. The molecule has 1 N–H and O–H groups in total. The first kappa shape index (κ1) is 18.6. The Labute approximate surface area is 184 Å². The van der Waals surface area contributed by atoms with Crippen LogP contribution in [0.25, 0.3) is 21.5 Å². The first-order chi connectivity index (χ1) is 15.1. The molecule has 0 unspecified atom stereocenters. The monoisotopic (exact) mass is 426 g/mol.